The monoisotopic (exact) mass is 430 g/mol. The number of nitrogens with one attached hydrogen (secondary N) is 2. The van der Waals surface area contributed by atoms with Crippen molar-refractivity contribution in [3.05, 3.63) is 88.0 Å². The fraction of sp³-hybridized carbons (Fsp3) is 0.0870. The average Bonchev–Trinajstić information content (AvgIpc) is 3.23. The second kappa shape index (κ2) is 8.68. The number of ether oxygens (including phenoxy) is 1. The molecule has 9 nitrogen and oxygen atoms in total. The molecule has 1 heterocycles. The van der Waals surface area contributed by atoms with Gasteiger partial charge in [0.2, 0.25) is 0 Å². The maximum absolute atomic E-state index is 12.8. The Hall–Kier alpha value is -4.53. The molecule has 3 aromatic carbocycles. The number of carbonyl (C=O) groups excluding carboxylic acids is 2. The first-order chi connectivity index (χ1) is 15.4. The molecule has 0 spiro atoms. The van der Waals surface area contributed by atoms with Gasteiger partial charge in [0.25, 0.3) is 11.6 Å². The number of anilines is 1. The molecule has 0 unspecified atom stereocenters. The summed E-state index contributed by atoms with van der Waals surface area (Å²) >= 11 is 0. The van der Waals surface area contributed by atoms with Crippen LogP contribution in [0.25, 0.3) is 22.4 Å². The van der Waals surface area contributed by atoms with E-state index < -0.39 is 16.8 Å². The van der Waals surface area contributed by atoms with E-state index in [9.17, 15) is 19.7 Å². The highest BCUT2D eigenvalue weighted by atomic mass is 16.6. The highest BCUT2D eigenvalue weighted by Crippen LogP contribution is 2.24. The number of rotatable bonds is 6. The Bertz CT molecular complexity index is 1310. The van der Waals surface area contributed by atoms with Crippen LogP contribution < -0.4 is 5.32 Å². The van der Waals surface area contributed by atoms with Gasteiger partial charge < -0.3 is 15.0 Å². The van der Waals surface area contributed by atoms with Crippen LogP contribution in [0.1, 0.15) is 27.6 Å². The number of aromatic nitrogens is 2. The molecule has 9 heteroatoms. The van der Waals surface area contributed by atoms with Crippen LogP contribution in [0.5, 0.6) is 0 Å². The van der Waals surface area contributed by atoms with Crippen molar-refractivity contribution in [2.24, 2.45) is 0 Å². The standard InChI is InChI=1S/C23H18N4O5/c1-2-32-23(29)16-10-15(12-18(13-16)27(30)31)22(28)24-17-7-5-6-14(11-17)21-25-19-8-3-4-9-20(19)26-21/h3-13H,2H2,1H3,(H,24,28)(H,25,26). The van der Waals surface area contributed by atoms with Gasteiger partial charge in [-0.05, 0) is 37.3 Å². The topological polar surface area (TPSA) is 127 Å². The first-order valence-electron chi connectivity index (χ1n) is 9.77. The van der Waals surface area contributed by atoms with Crippen LogP contribution in [0.3, 0.4) is 0 Å². The second-order valence-corrected chi connectivity index (χ2v) is 6.88. The fourth-order valence-electron chi connectivity index (χ4n) is 3.22. The van der Waals surface area contributed by atoms with Crippen LogP contribution in [0.2, 0.25) is 0 Å². The predicted octanol–water partition coefficient (Wildman–Crippen LogP) is 4.57. The van der Waals surface area contributed by atoms with E-state index in [2.05, 4.69) is 15.3 Å². The zero-order valence-corrected chi connectivity index (χ0v) is 17.0. The molecular weight excluding hydrogens is 412 g/mol. The van der Waals surface area contributed by atoms with Crippen LogP contribution in [0.15, 0.2) is 66.7 Å². The first-order valence-corrected chi connectivity index (χ1v) is 9.77. The maximum atomic E-state index is 12.8. The summed E-state index contributed by atoms with van der Waals surface area (Å²) in [7, 11) is 0. The van der Waals surface area contributed by atoms with Crippen molar-refractivity contribution in [2.75, 3.05) is 11.9 Å². The van der Waals surface area contributed by atoms with Crippen molar-refractivity contribution < 1.29 is 19.2 Å². The largest absolute Gasteiger partial charge is 0.462 e. The van der Waals surface area contributed by atoms with Crippen molar-refractivity contribution in [3.63, 3.8) is 0 Å². The Balaban J connectivity index is 1.62. The lowest BCUT2D eigenvalue weighted by Crippen LogP contribution is -2.14. The third kappa shape index (κ3) is 4.31. The lowest BCUT2D eigenvalue weighted by molar-refractivity contribution is -0.384. The van der Waals surface area contributed by atoms with Crippen LogP contribution in [-0.4, -0.2) is 33.4 Å². The number of imidazole rings is 1. The highest BCUT2D eigenvalue weighted by molar-refractivity contribution is 6.06. The number of para-hydroxylation sites is 2. The van der Waals surface area contributed by atoms with Crippen LogP contribution in [-0.2, 0) is 4.74 Å². The number of nitro benzene ring substituents is 1. The maximum Gasteiger partial charge on any atom is 0.338 e. The SMILES string of the molecule is CCOC(=O)c1cc(C(=O)Nc2cccc(-c3nc4ccccc4[nH]3)c2)cc([N+](=O)[O-])c1. The quantitative estimate of drug-likeness (QED) is 0.262. The molecular formula is C23H18N4O5. The van der Waals surface area contributed by atoms with Gasteiger partial charge in [0.05, 0.1) is 28.1 Å². The van der Waals surface area contributed by atoms with E-state index in [0.29, 0.717) is 11.5 Å². The number of carbonyl (C=O) groups is 2. The van der Waals surface area contributed by atoms with Gasteiger partial charge >= 0.3 is 5.97 Å². The number of esters is 1. The molecule has 160 valence electrons. The van der Waals surface area contributed by atoms with E-state index in [1.54, 1.807) is 25.1 Å². The molecule has 0 aliphatic heterocycles. The molecule has 0 saturated carbocycles. The van der Waals surface area contributed by atoms with Gasteiger partial charge in [0, 0.05) is 28.9 Å². The molecule has 0 radical (unpaired) electrons. The number of H-pyrrole nitrogens is 1. The molecule has 0 atom stereocenters. The Morgan fingerprint density at radius 2 is 1.84 bits per heavy atom. The predicted molar refractivity (Wildman–Crippen MR) is 119 cm³/mol. The molecule has 4 rings (SSSR count). The Labute approximate surface area is 182 Å². The number of non-ortho nitro benzene ring substituents is 1. The molecule has 2 N–H and O–H groups in total. The summed E-state index contributed by atoms with van der Waals surface area (Å²) in [5.74, 6) is -0.694. The van der Waals surface area contributed by atoms with Crippen molar-refractivity contribution >= 4 is 34.3 Å². The number of hydrogen-bond donors (Lipinski definition) is 2. The molecule has 32 heavy (non-hydrogen) atoms. The van der Waals surface area contributed by atoms with Gasteiger partial charge in [-0.2, -0.15) is 0 Å². The minimum absolute atomic E-state index is 0.0311. The lowest BCUT2D eigenvalue weighted by Gasteiger charge is -2.08. The van der Waals surface area contributed by atoms with Gasteiger partial charge in [0.1, 0.15) is 5.82 Å². The molecule has 0 aliphatic carbocycles. The zero-order valence-electron chi connectivity index (χ0n) is 17.0. The van der Waals surface area contributed by atoms with Gasteiger partial charge in [-0.25, -0.2) is 9.78 Å². The van der Waals surface area contributed by atoms with Gasteiger partial charge in [0.15, 0.2) is 0 Å². The summed E-state index contributed by atoms with van der Waals surface area (Å²) in [6.45, 7) is 1.73. The lowest BCUT2D eigenvalue weighted by atomic mass is 10.1. The number of hydrogen-bond acceptors (Lipinski definition) is 6. The summed E-state index contributed by atoms with van der Waals surface area (Å²) in [6.07, 6.45) is 0. The van der Waals surface area contributed by atoms with Crippen LogP contribution in [0, 0.1) is 10.1 Å². The number of benzene rings is 3. The summed E-state index contributed by atoms with van der Waals surface area (Å²) in [6, 6.07) is 18.1. The van der Waals surface area contributed by atoms with E-state index in [1.807, 2.05) is 30.3 Å². The van der Waals surface area contributed by atoms with Crippen molar-refractivity contribution in [3.8, 4) is 11.4 Å². The Morgan fingerprint density at radius 1 is 1.06 bits per heavy atom. The summed E-state index contributed by atoms with van der Waals surface area (Å²) < 4.78 is 4.90. The fourth-order valence-corrected chi connectivity index (χ4v) is 3.22. The summed E-state index contributed by atoms with van der Waals surface area (Å²) in [4.78, 5) is 43.2. The van der Waals surface area contributed by atoms with Gasteiger partial charge in [-0.15, -0.1) is 0 Å². The molecule has 0 fully saturated rings. The summed E-state index contributed by atoms with van der Waals surface area (Å²) in [5, 5.41) is 14.0. The normalized spacial score (nSPS) is 10.7. The molecule has 0 bridgehead atoms. The van der Waals surface area contributed by atoms with E-state index >= 15 is 0 Å². The first kappa shape index (κ1) is 20.7. The Kier molecular flexibility index (Phi) is 5.63. The van der Waals surface area contributed by atoms with Crippen LogP contribution in [0.4, 0.5) is 11.4 Å². The molecule has 0 aliphatic rings. The second-order valence-electron chi connectivity index (χ2n) is 6.88. The number of aromatic amines is 1. The molecule has 1 amide bonds. The minimum atomic E-state index is -0.739. The van der Waals surface area contributed by atoms with E-state index in [4.69, 9.17) is 4.74 Å². The van der Waals surface area contributed by atoms with E-state index in [0.717, 1.165) is 28.7 Å². The number of nitro groups is 1. The highest BCUT2D eigenvalue weighted by Gasteiger charge is 2.19. The molecule has 1 aromatic heterocycles. The number of nitrogens with zero attached hydrogens (tertiary/aromatic N) is 2. The Morgan fingerprint density at radius 3 is 2.59 bits per heavy atom. The van der Waals surface area contributed by atoms with Gasteiger partial charge in [-0.3, -0.25) is 14.9 Å². The van der Waals surface area contributed by atoms with E-state index in [1.165, 1.54) is 6.07 Å². The van der Waals surface area contributed by atoms with Crippen molar-refractivity contribution in [1.29, 1.82) is 0 Å². The van der Waals surface area contributed by atoms with Crippen LogP contribution >= 0.6 is 0 Å². The summed E-state index contributed by atoms with van der Waals surface area (Å²) in [5.41, 5.74) is 2.46. The van der Waals surface area contributed by atoms with Crippen molar-refractivity contribution in [2.45, 2.75) is 6.92 Å². The number of amides is 1. The molecule has 4 aromatic rings. The van der Waals surface area contributed by atoms with Crippen molar-refractivity contribution in [1.82, 2.24) is 9.97 Å². The third-order valence-corrected chi connectivity index (χ3v) is 4.69. The molecule has 0 saturated heterocycles. The van der Waals surface area contributed by atoms with E-state index in [-0.39, 0.29) is 23.4 Å². The smallest absolute Gasteiger partial charge is 0.338 e. The zero-order chi connectivity index (χ0) is 22.7. The third-order valence-electron chi connectivity index (χ3n) is 4.69. The minimum Gasteiger partial charge on any atom is -0.462 e. The van der Waals surface area contributed by atoms with Gasteiger partial charge in [-0.1, -0.05) is 24.3 Å². The number of fused-ring (bicyclic) bond motifs is 1. The average molecular weight is 430 g/mol.